The van der Waals surface area contributed by atoms with Crippen LogP contribution in [0.25, 0.3) is 0 Å². The Morgan fingerprint density at radius 1 is 1.09 bits per heavy atom. The Hall–Kier alpha value is -3.27. The lowest BCUT2D eigenvalue weighted by atomic mass is 10.0. The second kappa shape index (κ2) is 10.6. The fraction of sp³-hybridized carbons (Fsp3) is 0.391. The molecule has 0 saturated heterocycles. The molecule has 0 spiro atoms. The van der Waals surface area contributed by atoms with Crippen LogP contribution in [-0.2, 0) is 17.5 Å². The molecule has 0 aromatic heterocycles. The third-order valence-electron chi connectivity index (χ3n) is 4.99. The second-order valence-corrected chi connectivity index (χ2v) is 7.49. The third kappa shape index (κ3) is 6.38. The number of alkyl halides is 3. The topological polar surface area (TPSA) is 77.1 Å². The summed E-state index contributed by atoms with van der Waals surface area (Å²) in [6.45, 7) is -0.193. The van der Waals surface area contributed by atoms with Crippen molar-refractivity contribution in [1.82, 2.24) is 10.2 Å². The Labute approximate surface area is 189 Å². The van der Waals surface area contributed by atoms with E-state index in [0.717, 1.165) is 29.4 Å². The van der Waals surface area contributed by atoms with Gasteiger partial charge in [-0.1, -0.05) is 30.3 Å². The van der Waals surface area contributed by atoms with E-state index in [1.807, 2.05) is 6.07 Å². The Morgan fingerprint density at radius 3 is 2.36 bits per heavy atom. The van der Waals surface area contributed by atoms with Gasteiger partial charge in [-0.25, -0.2) is 4.79 Å². The number of methoxy groups -OCH3 is 2. The van der Waals surface area contributed by atoms with Crippen molar-refractivity contribution in [2.75, 3.05) is 27.4 Å². The average molecular weight is 466 g/mol. The number of benzene rings is 2. The van der Waals surface area contributed by atoms with Gasteiger partial charge in [0.2, 0.25) is 0 Å². The van der Waals surface area contributed by atoms with Gasteiger partial charge in [-0.15, -0.1) is 0 Å². The molecule has 3 amide bonds. The lowest BCUT2D eigenvalue weighted by Gasteiger charge is -2.24. The molecule has 3 rings (SSSR count). The number of nitrogens with zero attached hydrogens (tertiary/aromatic N) is 1. The number of hydrogen-bond acceptors (Lipinski definition) is 5. The highest BCUT2D eigenvalue weighted by Gasteiger charge is 2.39. The lowest BCUT2D eigenvalue weighted by molar-refractivity contribution is -0.138. The predicted molar refractivity (Wildman–Crippen MR) is 113 cm³/mol. The van der Waals surface area contributed by atoms with Crippen molar-refractivity contribution in [3.05, 3.63) is 59.2 Å². The van der Waals surface area contributed by atoms with E-state index in [0.29, 0.717) is 6.07 Å². The monoisotopic (exact) mass is 466 g/mol. The number of rotatable bonds is 9. The molecule has 0 bridgehead atoms. The van der Waals surface area contributed by atoms with Gasteiger partial charge in [0, 0.05) is 13.2 Å². The van der Waals surface area contributed by atoms with Crippen LogP contribution in [0.4, 0.5) is 18.0 Å². The molecule has 0 heterocycles. The second-order valence-electron chi connectivity index (χ2n) is 7.49. The maximum absolute atomic E-state index is 13.9. The molecule has 2 aromatic rings. The summed E-state index contributed by atoms with van der Waals surface area (Å²) in [5.74, 6) is -1.34. The van der Waals surface area contributed by atoms with E-state index in [1.54, 1.807) is 24.3 Å². The molecule has 178 valence electrons. The number of hydrogen-bond donors (Lipinski definition) is 1. The van der Waals surface area contributed by atoms with Crippen LogP contribution in [0.3, 0.4) is 0 Å². The molecule has 0 radical (unpaired) electrons. The molecule has 1 saturated carbocycles. The Balaban J connectivity index is 1.98. The summed E-state index contributed by atoms with van der Waals surface area (Å²) in [6, 6.07) is 9.81. The van der Waals surface area contributed by atoms with Crippen molar-refractivity contribution in [2.45, 2.75) is 31.7 Å². The highest BCUT2D eigenvalue weighted by Crippen LogP contribution is 2.40. The van der Waals surface area contributed by atoms with Crippen LogP contribution in [0.5, 0.6) is 11.5 Å². The number of amides is 3. The first-order chi connectivity index (χ1) is 15.7. The van der Waals surface area contributed by atoms with Gasteiger partial charge in [0.05, 0.1) is 31.4 Å². The van der Waals surface area contributed by atoms with Gasteiger partial charge >= 0.3 is 12.2 Å². The first kappa shape index (κ1) is 24.4. The van der Waals surface area contributed by atoms with E-state index in [2.05, 4.69) is 5.32 Å². The fourth-order valence-electron chi connectivity index (χ4n) is 3.08. The van der Waals surface area contributed by atoms with Crippen LogP contribution < -0.4 is 14.8 Å². The normalized spacial score (nSPS) is 13.4. The van der Waals surface area contributed by atoms with E-state index in [4.69, 9.17) is 14.2 Å². The van der Waals surface area contributed by atoms with Gasteiger partial charge in [0.15, 0.2) is 11.5 Å². The summed E-state index contributed by atoms with van der Waals surface area (Å²) in [7, 11) is 2.58. The SMILES string of the molecule is COCCN(C(=O)NC1CC1)C(=O)c1cc(OCc2ccccc2)c(OC)cc1C(F)(F)F. The molecule has 1 aliphatic rings. The number of nitrogens with one attached hydrogen (secondary N) is 1. The number of urea groups is 1. The van der Waals surface area contributed by atoms with Gasteiger partial charge in [0.1, 0.15) is 6.61 Å². The van der Waals surface area contributed by atoms with Gasteiger partial charge in [-0.3, -0.25) is 9.69 Å². The van der Waals surface area contributed by atoms with Crippen molar-refractivity contribution >= 4 is 11.9 Å². The molecule has 0 unspecified atom stereocenters. The van der Waals surface area contributed by atoms with Gasteiger partial charge in [-0.05, 0) is 30.5 Å². The minimum Gasteiger partial charge on any atom is -0.493 e. The van der Waals surface area contributed by atoms with Crippen molar-refractivity contribution in [1.29, 1.82) is 0 Å². The highest BCUT2D eigenvalue weighted by molar-refractivity contribution is 6.05. The minimum absolute atomic E-state index is 0.0291. The van der Waals surface area contributed by atoms with E-state index < -0.39 is 29.2 Å². The standard InChI is InChI=1S/C23H25F3N2O5/c1-31-11-10-28(22(30)27-16-8-9-16)21(29)17-12-20(33-14-15-6-4-3-5-7-15)19(32-2)13-18(17)23(24,25)26/h3-7,12-13,16H,8-11,14H2,1-2H3,(H,27,30). The van der Waals surface area contributed by atoms with E-state index in [9.17, 15) is 22.8 Å². The van der Waals surface area contributed by atoms with Gasteiger partial charge in [-0.2, -0.15) is 13.2 Å². The summed E-state index contributed by atoms with van der Waals surface area (Å²) in [4.78, 5) is 26.5. The summed E-state index contributed by atoms with van der Waals surface area (Å²) in [6.07, 6.45) is -3.35. The first-order valence-electron chi connectivity index (χ1n) is 10.3. The smallest absolute Gasteiger partial charge is 0.417 e. The van der Waals surface area contributed by atoms with Crippen LogP contribution in [0.1, 0.15) is 34.3 Å². The van der Waals surface area contributed by atoms with Crippen LogP contribution in [0.15, 0.2) is 42.5 Å². The molecule has 33 heavy (non-hydrogen) atoms. The number of halogens is 3. The molecular formula is C23H25F3N2O5. The Bertz CT molecular complexity index is 978. The third-order valence-corrected chi connectivity index (χ3v) is 4.99. The maximum Gasteiger partial charge on any atom is 0.417 e. The highest BCUT2D eigenvalue weighted by atomic mass is 19.4. The molecule has 1 N–H and O–H groups in total. The van der Waals surface area contributed by atoms with Crippen LogP contribution in [0.2, 0.25) is 0 Å². The van der Waals surface area contributed by atoms with E-state index in [-0.39, 0.29) is 37.3 Å². The first-order valence-corrected chi connectivity index (χ1v) is 10.3. The number of carbonyl (C=O) groups excluding carboxylic acids is 2. The van der Waals surface area contributed by atoms with Crippen LogP contribution in [-0.4, -0.2) is 50.3 Å². The van der Waals surface area contributed by atoms with Crippen molar-refractivity contribution in [2.24, 2.45) is 0 Å². The molecule has 2 aromatic carbocycles. The molecule has 1 aliphatic carbocycles. The summed E-state index contributed by atoms with van der Waals surface area (Å²) in [5, 5.41) is 2.63. The molecule has 10 heteroatoms. The van der Waals surface area contributed by atoms with Crippen molar-refractivity contribution in [3.8, 4) is 11.5 Å². The van der Waals surface area contributed by atoms with Crippen LogP contribution in [0, 0.1) is 0 Å². The van der Waals surface area contributed by atoms with E-state index >= 15 is 0 Å². The zero-order valence-corrected chi connectivity index (χ0v) is 18.3. The zero-order valence-electron chi connectivity index (χ0n) is 18.3. The van der Waals surface area contributed by atoms with Gasteiger partial charge < -0.3 is 19.5 Å². The van der Waals surface area contributed by atoms with Crippen molar-refractivity contribution in [3.63, 3.8) is 0 Å². The largest absolute Gasteiger partial charge is 0.493 e. The Morgan fingerprint density at radius 2 is 1.79 bits per heavy atom. The minimum atomic E-state index is -4.86. The predicted octanol–water partition coefficient (Wildman–Crippen LogP) is 4.25. The van der Waals surface area contributed by atoms with Crippen molar-refractivity contribution < 1.29 is 37.0 Å². The molecule has 0 aliphatic heterocycles. The fourth-order valence-corrected chi connectivity index (χ4v) is 3.08. The summed E-state index contributed by atoms with van der Waals surface area (Å²) in [5.41, 5.74) is -1.16. The summed E-state index contributed by atoms with van der Waals surface area (Å²) < 4.78 is 57.3. The van der Waals surface area contributed by atoms with Gasteiger partial charge in [0.25, 0.3) is 5.91 Å². The summed E-state index contributed by atoms with van der Waals surface area (Å²) >= 11 is 0. The lowest BCUT2D eigenvalue weighted by Crippen LogP contribution is -2.46. The number of imide groups is 1. The molecule has 1 fully saturated rings. The Kier molecular flexibility index (Phi) is 7.80. The average Bonchev–Trinajstić information content (AvgIpc) is 3.61. The molecule has 0 atom stereocenters. The quantitative estimate of drug-likeness (QED) is 0.598. The maximum atomic E-state index is 13.9. The number of ether oxygens (including phenoxy) is 3. The zero-order chi connectivity index (χ0) is 24.0. The van der Waals surface area contributed by atoms with Crippen LogP contribution >= 0.6 is 0 Å². The molecule has 7 nitrogen and oxygen atoms in total. The number of carbonyl (C=O) groups is 2. The van der Waals surface area contributed by atoms with E-state index in [1.165, 1.54) is 14.2 Å². The molecular weight excluding hydrogens is 441 g/mol.